The van der Waals surface area contributed by atoms with Gasteiger partial charge in [-0.25, -0.2) is 4.57 Å². The molecule has 1 amide bonds. The summed E-state index contributed by atoms with van der Waals surface area (Å²) in [5.74, 6) is -0.501. The van der Waals surface area contributed by atoms with Crippen LogP contribution in [0.1, 0.15) is 303 Å². The van der Waals surface area contributed by atoms with Crippen LogP contribution in [0.15, 0.2) is 48.6 Å². The minimum absolute atomic E-state index is 0.0398. The summed E-state index contributed by atoms with van der Waals surface area (Å²) in [6.07, 6.45) is 68.1. The van der Waals surface area contributed by atoms with Gasteiger partial charge < -0.3 is 19.4 Å². The maximum atomic E-state index is 13.6. The van der Waals surface area contributed by atoms with Crippen LogP contribution in [0, 0.1) is 0 Å². The predicted octanol–water partition coefficient (Wildman–Crippen LogP) is 19.7. The van der Waals surface area contributed by atoms with Crippen LogP contribution in [0.5, 0.6) is 0 Å². The second-order valence-corrected chi connectivity index (χ2v) is 24.4. The highest BCUT2D eigenvalue weighted by Crippen LogP contribution is 2.43. The first kappa shape index (κ1) is 73.0. The van der Waals surface area contributed by atoms with Gasteiger partial charge in [0.05, 0.1) is 33.8 Å². The van der Waals surface area contributed by atoms with Crippen molar-refractivity contribution in [1.29, 1.82) is 0 Å². The Bertz CT molecular complexity index is 1420. The third-order valence-electron chi connectivity index (χ3n) is 14.3. The van der Waals surface area contributed by atoms with Crippen LogP contribution in [0.3, 0.4) is 0 Å². The maximum Gasteiger partial charge on any atom is 0.472 e. The quantitative estimate of drug-likeness (QED) is 0.0205. The number of hydrogen-bond donors (Lipinski definition) is 2. The lowest BCUT2D eigenvalue weighted by atomic mass is 10.0. The van der Waals surface area contributed by atoms with Crippen molar-refractivity contribution in [1.82, 2.24) is 5.32 Å². The number of carbonyl (C=O) groups is 2. The van der Waals surface area contributed by atoms with E-state index in [1.807, 2.05) is 33.3 Å². The molecule has 0 saturated heterocycles. The van der Waals surface area contributed by atoms with Gasteiger partial charge in [0.2, 0.25) is 5.91 Å². The van der Waals surface area contributed by atoms with Crippen molar-refractivity contribution < 1.29 is 37.3 Å². The molecule has 10 heteroatoms. The van der Waals surface area contributed by atoms with Gasteiger partial charge in [0, 0.05) is 12.8 Å². The SMILES string of the molecule is CCCCC/C=C\C/C=C\C/C=C\CCCCCCCCCCC(=O)NC(COP(=O)(O)OCC[N+](C)(C)C)C(/C=C\CCCCCCCCCCCCC)OC(=O)CCCCCCCCCCCCCCCCC. The van der Waals surface area contributed by atoms with E-state index >= 15 is 0 Å². The number of nitrogens with one attached hydrogen (secondary N) is 1. The average molecular weight is 1080 g/mol. The number of likely N-dealkylation sites (N-methyl/N-ethyl adjacent to an activating group) is 1. The molecule has 0 fully saturated rings. The summed E-state index contributed by atoms with van der Waals surface area (Å²) in [4.78, 5) is 37.7. The molecule has 0 radical (unpaired) electrons. The third kappa shape index (κ3) is 56.5. The highest BCUT2D eigenvalue weighted by molar-refractivity contribution is 7.47. The summed E-state index contributed by atoms with van der Waals surface area (Å²) in [6.45, 7) is 7.01. The summed E-state index contributed by atoms with van der Waals surface area (Å²) < 4.78 is 30.7. The monoisotopic (exact) mass is 1080 g/mol. The fraction of sp³-hybridized carbons (Fsp3) is 0.846. The molecule has 0 aromatic carbocycles. The van der Waals surface area contributed by atoms with Crippen LogP contribution in [-0.2, 0) is 27.9 Å². The Balaban J connectivity index is 5.24. The van der Waals surface area contributed by atoms with Gasteiger partial charge in [0.1, 0.15) is 19.3 Å². The Kier molecular flexibility index (Phi) is 53.8. The summed E-state index contributed by atoms with van der Waals surface area (Å²) in [5, 5.41) is 3.06. The zero-order chi connectivity index (χ0) is 55.0. The zero-order valence-corrected chi connectivity index (χ0v) is 51.2. The normalized spacial score (nSPS) is 14.0. The fourth-order valence-corrected chi connectivity index (χ4v) is 10.0. The van der Waals surface area contributed by atoms with E-state index in [9.17, 15) is 19.0 Å². The molecule has 0 heterocycles. The number of nitrogens with zero attached hydrogens (tertiary/aromatic N) is 1. The molecule has 0 bridgehead atoms. The van der Waals surface area contributed by atoms with Crippen LogP contribution >= 0.6 is 7.82 Å². The van der Waals surface area contributed by atoms with E-state index in [2.05, 4.69) is 62.5 Å². The molecule has 0 spiro atoms. The van der Waals surface area contributed by atoms with Crippen molar-refractivity contribution in [2.24, 2.45) is 0 Å². The second-order valence-electron chi connectivity index (χ2n) is 22.9. The molecule has 0 aliphatic rings. The largest absolute Gasteiger partial charge is 0.472 e. The lowest BCUT2D eigenvalue weighted by Crippen LogP contribution is -2.47. The molecule has 0 aliphatic heterocycles. The van der Waals surface area contributed by atoms with E-state index in [1.54, 1.807) is 0 Å². The van der Waals surface area contributed by atoms with E-state index in [1.165, 1.54) is 186 Å². The van der Waals surface area contributed by atoms with Gasteiger partial charge >= 0.3 is 13.8 Å². The smallest absolute Gasteiger partial charge is 0.456 e. The number of carbonyl (C=O) groups excluding carboxylic acids is 2. The number of amides is 1. The molecule has 0 aliphatic carbocycles. The topological polar surface area (TPSA) is 111 Å². The molecule has 2 N–H and O–H groups in total. The number of hydrogen-bond acceptors (Lipinski definition) is 6. The summed E-state index contributed by atoms with van der Waals surface area (Å²) >= 11 is 0. The van der Waals surface area contributed by atoms with Crippen molar-refractivity contribution in [3.05, 3.63) is 48.6 Å². The Morgan fingerprint density at radius 2 is 0.813 bits per heavy atom. The van der Waals surface area contributed by atoms with Gasteiger partial charge in [-0.05, 0) is 70.3 Å². The predicted molar refractivity (Wildman–Crippen MR) is 323 cm³/mol. The number of phosphoric acid groups is 1. The Morgan fingerprint density at radius 3 is 1.24 bits per heavy atom. The van der Waals surface area contributed by atoms with Crippen molar-refractivity contribution in [3.8, 4) is 0 Å². The van der Waals surface area contributed by atoms with Crippen LogP contribution in [0.4, 0.5) is 0 Å². The maximum absolute atomic E-state index is 13.6. The average Bonchev–Trinajstić information content (AvgIpc) is 3.37. The van der Waals surface area contributed by atoms with Crippen LogP contribution in [0.25, 0.3) is 0 Å². The number of phosphoric ester groups is 1. The minimum atomic E-state index is -4.45. The highest BCUT2D eigenvalue weighted by atomic mass is 31.2. The number of allylic oxidation sites excluding steroid dienone is 7. The number of unbranched alkanes of at least 4 members (excludes halogenated alkanes) is 36. The van der Waals surface area contributed by atoms with Crippen molar-refractivity contribution >= 4 is 19.7 Å². The molecule has 440 valence electrons. The summed E-state index contributed by atoms with van der Waals surface area (Å²) in [7, 11) is 1.50. The Labute approximate surface area is 465 Å². The molecular weight excluding hydrogens is 952 g/mol. The number of ether oxygens (including phenoxy) is 1. The lowest BCUT2D eigenvalue weighted by molar-refractivity contribution is -0.870. The van der Waals surface area contributed by atoms with E-state index < -0.39 is 20.0 Å². The Hall–Kier alpha value is -2.03. The molecule has 0 saturated carbocycles. The molecule has 0 rings (SSSR count). The fourth-order valence-electron chi connectivity index (χ4n) is 9.30. The molecular formula is C65H124N2O7P+. The number of rotatable bonds is 58. The van der Waals surface area contributed by atoms with Gasteiger partial charge in [0.25, 0.3) is 0 Å². The number of esters is 1. The van der Waals surface area contributed by atoms with Crippen LogP contribution in [0.2, 0.25) is 0 Å². The second kappa shape index (κ2) is 55.3. The van der Waals surface area contributed by atoms with Gasteiger partial charge in [-0.1, -0.05) is 269 Å². The van der Waals surface area contributed by atoms with Crippen molar-refractivity contribution in [2.75, 3.05) is 40.9 Å². The molecule has 9 nitrogen and oxygen atoms in total. The minimum Gasteiger partial charge on any atom is -0.456 e. The van der Waals surface area contributed by atoms with E-state index in [0.29, 0.717) is 23.9 Å². The van der Waals surface area contributed by atoms with E-state index in [-0.39, 0.29) is 25.1 Å². The van der Waals surface area contributed by atoms with E-state index in [4.69, 9.17) is 13.8 Å². The first-order valence-electron chi connectivity index (χ1n) is 32.0. The molecule has 0 aromatic rings. The summed E-state index contributed by atoms with van der Waals surface area (Å²) in [5.41, 5.74) is 0. The van der Waals surface area contributed by atoms with Gasteiger partial charge in [0.15, 0.2) is 0 Å². The molecule has 0 aromatic heterocycles. The first-order valence-corrected chi connectivity index (χ1v) is 33.5. The van der Waals surface area contributed by atoms with Crippen LogP contribution in [-0.4, -0.2) is 74.3 Å². The molecule has 3 atom stereocenters. The summed E-state index contributed by atoms with van der Waals surface area (Å²) in [6, 6.07) is -0.850. The highest BCUT2D eigenvalue weighted by Gasteiger charge is 2.30. The molecule has 75 heavy (non-hydrogen) atoms. The zero-order valence-electron chi connectivity index (χ0n) is 50.3. The van der Waals surface area contributed by atoms with Crippen molar-refractivity contribution in [2.45, 2.75) is 315 Å². The molecule has 3 unspecified atom stereocenters. The van der Waals surface area contributed by atoms with E-state index in [0.717, 1.165) is 83.5 Å². The van der Waals surface area contributed by atoms with Gasteiger partial charge in [-0.15, -0.1) is 0 Å². The number of quaternary nitrogens is 1. The lowest BCUT2D eigenvalue weighted by Gasteiger charge is -2.27. The Morgan fingerprint density at radius 1 is 0.467 bits per heavy atom. The first-order chi connectivity index (χ1) is 36.4. The van der Waals surface area contributed by atoms with Gasteiger partial charge in [-0.2, -0.15) is 0 Å². The third-order valence-corrected chi connectivity index (χ3v) is 15.3. The van der Waals surface area contributed by atoms with Crippen LogP contribution < -0.4 is 5.32 Å². The van der Waals surface area contributed by atoms with Gasteiger partial charge in [-0.3, -0.25) is 18.6 Å². The van der Waals surface area contributed by atoms with Crippen molar-refractivity contribution in [3.63, 3.8) is 0 Å². The standard InChI is InChI=1S/C65H123N2O7P/c1-7-10-13-16-19-22-25-28-30-31-32-33-34-35-37-39-42-45-48-51-54-57-64(68)66-62(61-73-75(70,71)72-60-59-67(4,5)6)63(56-53-50-47-44-41-38-27-24-21-18-15-12-9-3)74-65(69)58-55-52-49-46-43-40-36-29-26-23-20-17-14-11-8-2/h19,22,28,30,32-33,53,56,62-63H,7-18,20-21,23-27,29,31,34-52,54-55,57-61H2,1-6H3,(H-,66,68,70,71)/p+1/b22-19-,30-28-,33-32-,56-53-.